The molecule has 0 amide bonds. The second kappa shape index (κ2) is 6.39. The molecule has 4 nitrogen and oxygen atoms in total. The number of nitrogens with one attached hydrogen (secondary N) is 1. The van der Waals surface area contributed by atoms with Gasteiger partial charge in [-0.25, -0.2) is 8.42 Å². The fraction of sp³-hybridized carbons (Fsp3) is 0.455. The third kappa shape index (κ3) is 3.70. The number of thioether (sulfide) groups is 1. The Balaban J connectivity index is 2.95. The molecular formula is C11H18N2O2S2. The summed E-state index contributed by atoms with van der Waals surface area (Å²) in [5, 5.41) is 2.93. The molecule has 1 aromatic carbocycles. The van der Waals surface area contributed by atoms with Gasteiger partial charge in [-0.1, -0.05) is 6.07 Å². The van der Waals surface area contributed by atoms with Crippen LogP contribution in [0.1, 0.15) is 0 Å². The van der Waals surface area contributed by atoms with Crippen molar-refractivity contribution in [3.63, 3.8) is 0 Å². The van der Waals surface area contributed by atoms with Gasteiger partial charge in [0, 0.05) is 25.0 Å². The molecule has 0 aliphatic rings. The predicted molar refractivity (Wildman–Crippen MR) is 72.0 cm³/mol. The number of hydrogen-bond acceptors (Lipinski definition) is 4. The van der Waals surface area contributed by atoms with Crippen LogP contribution in [0.4, 0.5) is 0 Å². The molecule has 0 atom stereocenters. The molecule has 1 N–H and O–H groups in total. The van der Waals surface area contributed by atoms with Crippen molar-refractivity contribution in [3.05, 3.63) is 24.3 Å². The Morgan fingerprint density at radius 1 is 1.41 bits per heavy atom. The normalized spacial score (nSPS) is 12.0. The Labute approximate surface area is 107 Å². The van der Waals surface area contributed by atoms with Crippen molar-refractivity contribution in [1.82, 2.24) is 9.62 Å². The molecule has 0 saturated carbocycles. The van der Waals surface area contributed by atoms with Crippen molar-refractivity contribution in [2.45, 2.75) is 9.79 Å². The molecule has 0 aliphatic carbocycles. The molecule has 0 heterocycles. The van der Waals surface area contributed by atoms with E-state index in [1.807, 2.05) is 12.3 Å². The highest BCUT2D eigenvalue weighted by atomic mass is 32.2. The van der Waals surface area contributed by atoms with E-state index in [4.69, 9.17) is 0 Å². The lowest BCUT2D eigenvalue weighted by atomic mass is 10.4. The molecule has 0 radical (unpaired) electrons. The zero-order valence-electron chi connectivity index (χ0n) is 10.3. The first-order chi connectivity index (χ1) is 8.02. The van der Waals surface area contributed by atoms with Crippen molar-refractivity contribution in [2.24, 2.45) is 0 Å². The maximum absolute atomic E-state index is 12.2. The van der Waals surface area contributed by atoms with E-state index in [1.54, 1.807) is 32.3 Å². The topological polar surface area (TPSA) is 49.4 Å². The summed E-state index contributed by atoms with van der Waals surface area (Å²) >= 11 is 1.53. The summed E-state index contributed by atoms with van der Waals surface area (Å²) in [6.07, 6.45) is 1.93. The van der Waals surface area contributed by atoms with Crippen molar-refractivity contribution >= 4 is 21.8 Å². The third-order valence-corrected chi connectivity index (χ3v) is 5.00. The average molecular weight is 274 g/mol. The molecule has 96 valence electrons. The summed E-state index contributed by atoms with van der Waals surface area (Å²) < 4.78 is 25.8. The van der Waals surface area contributed by atoms with E-state index in [-0.39, 0.29) is 0 Å². The summed E-state index contributed by atoms with van der Waals surface area (Å²) in [5.74, 6) is 0. The van der Waals surface area contributed by atoms with Crippen molar-refractivity contribution in [3.8, 4) is 0 Å². The fourth-order valence-electron chi connectivity index (χ4n) is 1.33. The zero-order chi connectivity index (χ0) is 12.9. The molecule has 0 saturated heterocycles. The predicted octanol–water partition coefficient (Wildman–Crippen LogP) is 1.25. The number of nitrogens with zero attached hydrogens (tertiary/aromatic N) is 1. The van der Waals surface area contributed by atoms with Crippen molar-refractivity contribution < 1.29 is 8.42 Å². The third-order valence-electron chi connectivity index (χ3n) is 2.43. The molecule has 0 fully saturated rings. The maximum Gasteiger partial charge on any atom is 0.242 e. The van der Waals surface area contributed by atoms with E-state index in [0.29, 0.717) is 18.0 Å². The van der Waals surface area contributed by atoms with Gasteiger partial charge in [-0.15, -0.1) is 11.8 Å². The minimum Gasteiger partial charge on any atom is -0.318 e. The highest BCUT2D eigenvalue weighted by Crippen LogP contribution is 2.20. The molecule has 17 heavy (non-hydrogen) atoms. The summed E-state index contributed by atoms with van der Waals surface area (Å²) in [7, 11) is 0.0323. The molecule has 6 heteroatoms. The Bertz CT molecular complexity index is 460. The SMILES string of the molecule is CNCCN(C)S(=O)(=O)c1cccc(SC)c1. The largest absolute Gasteiger partial charge is 0.318 e. The monoisotopic (exact) mass is 274 g/mol. The summed E-state index contributed by atoms with van der Waals surface area (Å²) in [4.78, 5) is 1.30. The molecule has 0 bridgehead atoms. The Hall–Kier alpha value is -0.560. The first-order valence-corrected chi connectivity index (χ1v) is 7.94. The molecule has 1 rings (SSSR count). The molecule has 0 spiro atoms. The Kier molecular flexibility index (Phi) is 5.45. The second-order valence-electron chi connectivity index (χ2n) is 3.61. The number of hydrogen-bond donors (Lipinski definition) is 1. The van der Waals surface area contributed by atoms with E-state index in [2.05, 4.69) is 5.32 Å². The van der Waals surface area contributed by atoms with Crippen LogP contribution in [-0.2, 0) is 10.0 Å². The first-order valence-electron chi connectivity index (χ1n) is 5.27. The molecule has 0 aromatic heterocycles. The summed E-state index contributed by atoms with van der Waals surface area (Å²) in [6.45, 7) is 1.10. The van der Waals surface area contributed by atoms with E-state index in [1.165, 1.54) is 16.1 Å². The van der Waals surface area contributed by atoms with Crippen LogP contribution in [0.2, 0.25) is 0 Å². The van der Waals surface area contributed by atoms with Crippen LogP contribution in [0.3, 0.4) is 0 Å². The lowest BCUT2D eigenvalue weighted by Crippen LogP contribution is -2.32. The van der Waals surface area contributed by atoms with E-state index < -0.39 is 10.0 Å². The van der Waals surface area contributed by atoms with Gasteiger partial charge >= 0.3 is 0 Å². The van der Waals surface area contributed by atoms with Gasteiger partial charge in [-0.3, -0.25) is 0 Å². The van der Waals surface area contributed by atoms with Crippen LogP contribution in [0.5, 0.6) is 0 Å². The number of benzene rings is 1. The molecule has 1 aromatic rings. The highest BCUT2D eigenvalue weighted by molar-refractivity contribution is 7.98. The van der Waals surface area contributed by atoms with Gasteiger partial charge in [0.05, 0.1) is 4.90 Å². The van der Waals surface area contributed by atoms with Gasteiger partial charge < -0.3 is 5.32 Å². The zero-order valence-corrected chi connectivity index (χ0v) is 11.9. The summed E-state index contributed by atoms with van der Waals surface area (Å²) in [5.41, 5.74) is 0. The highest BCUT2D eigenvalue weighted by Gasteiger charge is 2.20. The van der Waals surface area contributed by atoms with Crippen LogP contribution < -0.4 is 5.32 Å². The minimum atomic E-state index is -3.36. The fourth-order valence-corrected chi connectivity index (χ4v) is 3.08. The molecule has 0 aliphatic heterocycles. The standard InChI is InChI=1S/C11H18N2O2S2/c1-12-7-8-13(2)17(14,15)11-6-4-5-10(9-11)16-3/h4-6,9,12H,7-8H2,1-3H3. The lowest BCUT2D eigenvalue weighted by Gasteiger charge is -2.17. The number of likely N-dealkylation sites (N-methyl/N-ethyl adjacent to an activating group) is 2. The van der Waals surface area contributed by atoms with Crippen LogP contribution >= 0.6 is 11.8 Å². The first kappa shape index (κ1) is 14.5. The maximum atomic E-state index is 12.2. The van der Waals surface area contributed by atoms with E-state index in [0.717, 1.165) is 4.90 Å². The Morgan fingerprint density at radius 3 is 2.71 bits per heavy atom. The van der Waals surface area contributed by atoms with Crippen LogP contribution in [-0.4, -0.2) is 46.2 Å². The van der Waals surface area contributed by atoms with Gasteiger partial charge in [0.15, 0.2) is 0 Å². The van der Waals surface area contributed by atoms with Gasteiger partial charge in [0.25, 0.3) is 0 Å². The van der Waals surface area contributed by atoms with Gasteiger partial charge in [0.1, 0.15) is 0 Å². The minimum absolute atomic E-state index is 0.350. The van der Waals surface area contributed by atoms with Crippen molar-refractivity contribution in [2.75, 3.05) is 33.4 Å². The van der Waals surface area contributed by atoms with Gasteiger partial charge in [-0.05, 0) is 31.5 Å². The quantitative estimate of drug-likeness (QED) is 0.793. The average Bonchev–Trinajstić information content (AvgIpc) is 2.35. The van der Waals surface area contributed by atoms with Gasteiger partial charge in [0.2, 0.25) is 10.0 Å². The van der Waals surface area contributed by atoms with E-state index >= 15 is 0 Å². The van der Waals surface area contributed by atoms with Gasteiger partial charge in [-0.2, -0.15) is 4.31 Å². The molecule has 0 unspecified atom stereocenters. The summed E-state index contributed by atoms with van der Waals surface area (Å²) in [6, 6.07) is 7.00. The van der Waals surface area contributed by atoms with Crippen LogP contribution in [0.15, 0.2) is 34.1 Å². The van der Waals surface area contributed by atoms with Crippen LogP contribution in [0, 0.1) is 0 Å². The van der Waals surface area contributed by atoms with Crippen LogP contribution in [0.25, 0.3) is 0 Å². The Morgan fingerprint density at radius 2 is 2.12 bits per heavy atom. The molecular weight excluding hydrogens is 256 g/mol. The number of sulfonamides is 1. The lowest BCUT2D eigenvalue weighted by molar-refractivity contribution is 0.466. The number of rotatable bonds is 6. The van der Waals surface area contributed by atoms with Crippen molar-refractivity contribution in [1.29, 1.82) is 0 Å². The second-order valence-corrected chi connectivity index (χ2v) is 6.53. The van der Waals surface area contributed by atoms with E-state index in [9.17, 15) is 8.42 Å². The smallest absolute Gasteiger partial charge is 0.242 e.